The molecule has 0 saturated heterocycles. The predicted molar refractivity (Wildman–Crippen MR) is 82.0 cm³/mol. The van der Waals surface area contributed by atoms with Crippen LogP contribution in [0.3, 0.4) is 0 Å². The summed E-state index contributed by atoms with van der Waals surface area (Å²) in [6.07, 6.45) is 4.38. The van der Waals surface area contributed by atoms with E-state index in [4.69, 9.17) is 16.7 Å². The second kappa shape index (κ2) is 6.80. The summed E-state index contributed by atoms with van der Waals surface area (Å²) in [6.45, 7) is 2.04. The molecule has 0 radical (unpaired) electrons. The van der Waals surface area contributed by atoms with Gasteiger partial charge in [0.05, 0.1) is 10.6 Å². The van der Waals surface area contributed by atoms with E-state index in [1.165, 1.54) is 25.0 Å². The molecule has 6 heteroatoms. The molecular weight excluding hydrogens is 292 g/mol. The Hall–Kier alpha value is -1.75. The number of rotatable bonds is 6. The topological polar surface area (TPSA) is 78.4 Å². The Morgan fingerprint density at radius 3 is 2.71 bits per heavy atom. The van der Waals surface area contributed by atoms with E-state index in [0.717, 1.165) is 18.8 Å². The van der Waals surface area contributed by atoms with Crippen molar-refractivity contribution in [3.05, 3.63) is 28.8 Å². The minimum atomic E-state index is -1.12. The zero-order chi connectivity index (χ0) is 15.4. The monoisotopic (exact) mass is 310 g/mol. The fourth-order valence-corrected chi connectivity index (χ4v) is 2.40. The molecule has 0 aromatic heterocycles. The summed E-state index contributed by atoms with van der Waals surface area (Å²) in [5.41, 5.74) is 0.384. The van der Waals surface area contributed by atoms with Gasteiger partial charge in [0.25, 0.3) is 0 Å². The maximum Gasteiger partial charge on any atom is 0.337 e. The van der Waals surface area contributed by atoms with Crippen LogP contribution < -0.4 is 10.6 Å². The van der Waals surface area contributed by atoms with Crippen molar-refractivity contribution in [1.29, 1.82) is 0 Å². The predicted octanol–water partition coefficient (Wildman–Crippen LogP) is 3.74. The molecule has 1 atom stereocenters. The van der Waals surface area contributed by atoms with Crippen LogP contribution in [0.25, 0.3) is 0 Å². The van der Waals surface area contributed by atoms with E-state index < -0.39 is 5.97 Å². The number of aromatic carboxylic acids is 1. The van der Waals surface area contributed by atoms with Gasteiger partial charge in [0.1, 0.15) is 0 Å². The van der Waals surface area contributed by atoms with Crippen molar-refractivity contribution in [2.75, 3.05) is 5.32 Å². The first kappa shape index (κ1) is 15.6. The van der Waals surface area contributed by atoms with Crippen molar-refractivity contribution >= 4 is 29.3 Å². The quantitative estimate of drug-likeness (QED) is 0.749. The molecule has 5 nitrogen and oxygen atoms in total. The van der Waals surface area contributed by atoms with Crippen molar-refractivity contribution in [2.24, 2.45) is 5.92 Å². The number of nitrogens with one attached hydrogen (secondary N) is 2. The van der Waals surface area contributed by atoms with E-state index in [-0.39, 0.29) is 22.7 Å². The fourth-order valence-electron chi connectivity index (χ4n) is 2.20. The molecule has 21 heavy (non-hydrogen) atoms. The number of urea groups is 1. The second-order valence-electron chi connectivity index (χ2n) is 5.38. The number of benzene rings is 1. The number of hydrogen-bond donors (Lipinski definition) is 3. The van der Waals surface area contributed by atoms with Gasteiger partial charge in [0, 0.05) is 11.7 Å². The highest BCUT2D eigenvalue weighted by Gasteiger charge is 2.25. The van der Waals surface area contributed by atoms with Gasteiger partial charge in [-0.05, 0) is 37.0 Å². The molecule has 1 unspecified atom stereocenters. The lowest BCUT2D eigenvalue weighted by atomic mass is 10.1. The molecule has 1 fully saturated rings. The summed E-state index contributed by atoms with van der Waals surface area (Å²) in [6, 6.07) is 4.23. The molecule has 1 aliphatic carbocycles. The fraction of sp³-hybridized carbons (Fsp3) is 0.467. The summed E-state index contributed by atoms with van der Waals surface area (Å²) in [4.78, 5) is 22.9. The van der Waals surface area contributed by atoms with Gasteiger partial charge < -0.3 is 15.7 Å². The van der Waals surface area contributed by atoms with Crippen LogP contribution in [0.15, 0.2) is 18.2 Å². The third kappa shape index (κ3) is 4.63. The van der Waals surface area contributed by atoms with Crippen molar-refractivity contribution in [1.82, 2.24) is 5.32 Å². The van der Waals surface area contributed by atoms with Crippen molar-refractivity contribution in [3.63, 3.8) is 0 Å². The molecular formula is C15H19ClN2O3. The van der Waals surface area contributed by atoms with Gasteiger partial charge in [-0.25, -0.2) is 9.59 Å². The first-order chi connectivity index (χ1) is 9.99. The first-order valence-corrected chi connectivity index (χ1v) is 7.47. The maximum atomic E-state index is 11.9. The largest absolute Gasteiger partial charge is 0.478 e. The van der Waals surface area contributed by atoms with Crippen LogP contribution in [0.5, 0.6) is 0 Å². The Kier molecular flexibility index (Phi) is 5.07. The normalized spacial score (nSPS) is 15.3. The first-order valence-electron chi connectivity index (χ1n) is 7.10. The van der Waals surface area contributed by atoms with Crippen LogP contribution in [-0.2, 0) is 0 Å². The van der Waals surface area contributed by atoms with Gasteiger partial charge in [0.2, 0.25) is 0 Å². The minimum Gasteiger partial charge on any atom is -0.478 e. The zero-order valence-corrected chi connectivity index (χ0v) is 12.6. The van der Waals surface area contributed by atoms with Crippen LogP contribution in [0, 0.1) is 5.92 Å². The highest BCUT2D eigenvalue weighted by molar-refractivity contribution is 6.33. The number of carbonyl (C=O) groups is 2. The van der Waals surface area contributed by atoms with Crippen LogP contribution in [0.4, 0.5) is 10.5 Å². The molecule has 1 aliphatic rings. The molecule has 1 saturated carbocycles. The lowest BCUT2D eigenvalue weighted by Crippen LogP contribution is -2.37. The molecule has 0 bridgehead atoms. The number of amides is 2. The van der Waals surface area contributed by atoms with Crippen molar-refractivity contribution in [3.8, 4) is 0 Å². The van der Waals surface area contributed by atoms with Crippen molar-refractivity contribution in [2.45, 2.75) is 38.6 Å². The Bertz CT molecular complexity index is 544. The number of hydrogen-bond acceptors (Lipinski definition) is 2. The Balaban J connectivity index is 1.95. The second-order valence-corrected chi connectivity index (χ2v) is 5.79. The molecule has 1 aromatic carbocycles. The average molecular weight is 311 g/mol. The lowest BCUT2D eigenvalue weighted by molar-refractivity contribution is 0.0697. The van der Waals surface area contributed by atoms with E-state index in [0.29, 0.717) is 5.69 Å². The summed E-state index contributed by atoms with van der Waals surface area (Å²) < 4.78 is 0. The summed E-state index contributed by atoms with van der Waals surface area (Å²) in [5.74, 6) is -0.381. The molecule has 0 heterocycles. The van der Waals surface area contributed by atoms with Crippen LogP contribution in [0.2, 0.25) is 5.02 Å². The maximum absolute atomic E-state index is 11.9. The SMILES string of the molecule is CCC(CC1CC1)NC(=O)Nc1ccc(Cl)c(C(=O)O)c1. The Morgan fingerprint density at radius 1 is 1.43 bits per heavy atom. The van der Waals surface area contributed by atoms with Gasteiger partial charge in [-0.1, -0.05) is 31.4 Å². The van der Waals surface area contributed by atoms with Crippen molar-refractivity contribution < 1.29 is 14.7 Å². The molecule has 3 N–H and O–H groups in total. The molecule has 1 aromatic rings. The number of carboxylic acids is 1. The molecule has 114 valence electrons. The van der Waals surface area contributed by atoms with E-state index in [1.54, 1.807) is 6.07 Å². The third-order valence-corrected chi connectivity index (χ3v) is 3.93. The van der Waals surface area contributed by atoms with E-state index in [1.807, 2.05) is 6.92 Å². The number of carboxylic acid groups (broad SMARTS) is 1. The lowest BCUT2D eigenvalue weighted by Gasteiger charge is -2.17. The number of anilines is 1. The van der Waals surface area contributed by atoms with Gasteiger partial charge in [0.15, 0.2) is 0 Å². The number of halogens is 1. The van der Waals surface area contributed by atoms with Gasteiger partial charge in [-0.15, -0.1) is 0 Å². The smallest absolute Gasteiger partial charge is 0.337 e. The minimum absolute atomic E-state index is 0.0283. The summed E-state index contributed by atoms with van der Waals surface area (Å²) in [5, 5.41) is 14.7. The standard InChI is InChI=1S/C15H19ClN2O3/c1-2-10(7-9-3-4-9)17-15(21)18-11-5-6-13(16)12(8-11)14(19)20/h5-6,8-10H,2-4,7H2,1H3,(H,19,20)(H2,17,18,21). The van der Waals surface area contributed by atoms with E-state index in [9.17, 15) is 9.59 Å². The van der Waals surface area contributed by atoms with E-state index in [2.05, 4.69) is 10.6 Å². The Labute approximate surface area is 128 Å². The highest BCUT2D eigenvalue weighted by Crippen LogP contribution is 2.34. The average Bonchev–Trinajstić information content (AvgIpc) is 3.23. The zero-order valence-electron chi connectivity index (χ0n) is 11.9. The number of carbonyl (C=O) groups excluding carboxylic acids is 1. The third-order valence-electron chi connectivity index (χ3n) is 3.60. The molecule has 0 spiro atoms. The molecule has 2 rings (SSSR count). The van der Waals surface area contributed by atoms with Gasteiger partial charge in [-0.3, -0.25) is 0 Å². The highest BCUT2D eigenvalue weighted by atomic mass is 35.5. The Morgan fingerprint density at radius 2 is 2.14 bits per heavy atom. The van der Waals surface area contributed by atoms with Gasteiger partial charge >= 0.3 is 12.0 Å². The molecule has 0 aliphatic heterocycles. The van der Waals surface area contributed by atoms with Crippen LogP contribution in [-0.4, -0.2) is 23.1 Å². The van der Waals surface area contributed by atoms with E-state index >= 15 is 0 Å². The summed E-state index contributed by atoms with van der Waals surface area (Å²) >= 11 is 5.79. The molecule has 2 amide bonds. The van der Waals surface area contributed by atoms with Crippen LogP contribution >= 0.6 is 11.6 Å². The van der Waals surface area contributed by atoms with Gasteiger partial charge in [-0.2, -0.15) is 0 Å². The van der Waals surface area contributed by atoms with Crippen LogP contribution in [0.1, 0.15) is 43.0 Å². The summed E-state index contributed by atoms with van der Waals surface area (Å²) in [7, 11) is 0.